The molecule has 0 aliphatic rings. The van der Waals surface area contributed by atoms with Gasteiger partial charge >= 0.3 is 13.8 Å². The number of methoxy groups -OCH3 is 1. The summed E-state index contributed by atoms with van der Waals surface area (Å²) >= 11 is 3.66. The number of likely N-dealkylation sites (N-methyl/N-ethyl adjacent to an activating group) is 1. The molecule has 0 spiro atoms. The monoisotopic (exact) mass is 872 g/mol. The van der Waals surface area contributed by atoms with E-state index in [0.717, 1.165) is 53.3 Å². The fraction of sp³-hybridized carbons (Fsp3) is 0.543. The first kappa shape index (κ1) is 48.5. The molecule has 0 heterocycles. The van der Waals surface area contributed by atoms with Crippen molar-refractivity contribution in [2.75, 3.05) is 54.6 Å². The average molecular weight is 874 g/mol. The lowest BCUT2D eigenvalue weighted by atomic mass is 9.80. The predicted molar refractivity (Wildman–Crippen MR) is 233 cm³/mol. The van der Waals surface area contributed by atoms with E-state index in [1.54, 1.807) is 7.11 Å². The second-order valence-electron chi connectivity index (χ2n) is 15.6. The number of hydrogen-bond donors (Lipinski definition) is 1. The fourth-order valence-electron chi connectivity index (χ4n) is 6.54. The number of rotatable bonds is 30. The maximum atomic E-state index is 13.3. The zero-order valence-corrected chi connectivity index (χ0v) is 37.5. The normalized spacial score (nSPS) is 13.7. The van der Waals surface area contributed by atoms with Crippen molar-refractivity contribution in [3.8, 4) is 5.75 Å². The van der Waals surface area contributed by atoms with Crippen LogP contribution in [0.25, 0.3) is 0 Å². The summed E-state index contributed by atoms with van der Waals surface area (Å²) in [5.74, 6) is 0.245. The number of hydrogen-bond acceptors (Lipinski definition) is 7. The van der Waals surface area contributed by atoms with E-state index in [0.29, 0.717) is 23.2 Å². The minimum absolute atomic E-state index is 0.0190. The number of esters is 1. The van der Waals surface area contributed by atoms with Gasteiger partial charge in [0, 0.05) is 6.42 Å². The van der Waals surface area contributed by atoms with Gasteiger partial charge in [-0.05, 0) is 76.9 Å². The number of nitrogens with zero attached hydrogens (tertiary/aromatic N) is 1. The Labute approximate surface area is 351 Å². The molecule has 3 aromatic carbocycles. The summed E-state index contributed by atoms with van der Waals surface area (Å²) < 4.78 is 43.5. The molecule has 0 saturated heterocycles. The van der Waals surface area contributed by atoms with Gasteiger partial charge < -0.3 is 23.6 Å². The van der Waals surface area contributed by atoms with Crippen molar-refractivity contribution in [1.82, 2.24) is 0 Å². The lowest BCUT2D eigenvalue weighted by Gasteiger charge is -2.37. The molecular formula is C46H68BrNO8P+. The molecular weight excluding hydrogens is 805 g/mol. The van der Waals surface area contributed by atoms with Gasteiger partial charge in [0.1, 0.15) is 30.6 Å². The van der Waals surface area contributed by atoms with Crippen LogP contribution in [0.4, 0.5) is 0 Å². The van der Waals surface area contributed by atoms with E-state index in [1.807, 2.05) is 100 Å². The highest BCUT2D eigenvalue weighted by molar-refractivity contribution is 9.10. The van der Waals surface area contributed by atoms with Crippen molar-refractivity contribution in [3.63, 3.8) is 0 Å². The molecule has 0 radical (unpaired) electrons. The maximum absolute atomic E-state index is 13.3. The van der Waals surface area contributed by atoms with Gasteiger partial charge in [0.25, 0.3) is 0 Å². The van der Waals surface area contributed by atoms with Crippen LogP contribution in [-0.2, 0) is 33.5 Å². The highest BCUT2D eigenvalue weighted by Gasteiger charge is 2.39. The number of benzene rings is 3. The second kappa shape index (κ2) is 26.3. The number of allylic oxidation sites excluding steroid dienone is 2. The molecule has 3 aromatic rings. The van der Waals surface area contributed by atoms with E-state index >= 15 is 0 Å². The van der Waals surface area contributed by atoms with Gasteiger partial charge in [-0.15, -0.1) is 0 Å². The third kappa shape index (κ3) is 18.3. The molecule has 0 aromatic heterocycles. The maximum Gasteiger partial charge on any atom is 0.472 e. The fourth-order valence-corrected chi connectivity index (χ4v) is 7.83. The van der Waals surface area contributed by atoms with Gasteiger partial charge in [0.15, 0.2) is 0 Å². The van der Waals surface area contributed by atoms with Gasteiger partial charge in [0.05, 0.1) is 45.9 Å². The van der Waals surface area contributed by atoms with Crippen molar-refractivity contribution in [1.29, 1.82) is 0 Å². The molecule has 0 bridgehead atoms. The van der Waals surface area contributed by atoms with E-state index < -0.39 is 32.1 Å². The molecule has 1 unspecified atom stereocenters. The largest absolute Gasteiger partial charge is 0.496 e. The summed E-state index contributed by atoms with van der Waals surface area (Å²) in [4.78, 5) is 23.9. The Balaban J connectivity index is 1.70. The standard InChI is InChI=1S/C46H67BrNO8P/c1-6-7-8-9-10-11-12-13-14-15-16-17-18-19-26-31-45(49)56-42(38-55-57(50,51)54-35-34-48(2,3)4)37-53-46(39-27-22-20-23-28-39,40-29-24-21-25-30-40)41-32-33-44(52-5)43(47)36-41/h13-14,20-25,27-30,32-33,36,42H,6-12,15-19,26,31,34-35,37-38H2,1-5H3/p+1/b14-13-/t42-/m1/s1. The smallest absolute Gasteiger partial charge is 0.472 e. The molecule has 57 heavy (non-hydrogen) atoms. The lowest BCUT2D eigenvalue weighted by molar-refractivity contribution is -0.870. The van der Waals surface area contributed by atoms with E-state index in [-0.39, 0.29) is 19.6 Å². The molecule has 11 heteroatoms. The van der Waals surface area contributed by atoms with Crippen molar-refractivity contribution in [2.24, 2.45) is 0 Å². The van der Waals surface area contributed by atoms with Crippen LogP contribution < -0.4 is 4.74 Å². The molecule has 0 aliphatic heterocycles. The predicted octanol–water partition coefficient (Wildman–Crippen LogP) is 11.6. The van der Waals surface area contributed by atoms with Gasteiger partial charge in [-0.3, -0.25) is 13.8 Å². The van der Waals surface area contributed by atoms with Gasteiger partial charge in [-0.25, -0.2) is 4.57 Å². The second-order valence-corrected chi connectivity index (χ2v) is 17.9. The number of unbranched alkanes of at least 4 members (excludes halogenated alkanes) is 11. The number of phosphoric acid groups is 1. The van der Waals surface area contributed by atoms with Gasteiger partial charge in [0.2, 0.25) is 0 Å². The quantitative estimate of drug-likeness (QED) is 0.0177. The number of halogens is 1. The van der Waals surface area contributed by atoms with E-state index in [4.69, 9.17) is 23.3 Å². The zero-order chi connectivity index (χ0) is 41.4. The van der Waals surface area contributed by atoms with Gasteiger partial charge in [-0.2, -0.15) is 0 Å². The molecule has 0 saturated carbocycles. The molecule has 3 rings (SSSR count). The van der Waals surface area contributed by atoms with Crippen LogP contribution >= 0.6 is 23.8 Å². The topological polar surface area (TPSA) is 101 Å². The Bertz CT molecular complexity index is 1590. The summed E-state index contributed by atoms with van der Waals surface area (Å²) in [5, 5.41) is 0. The Morgan fingerprint density at radius 3 is 1.88 bits per heavy atom. The first-order valence-electron chi connectivity index (χ1n) is 20.8. The zero-order valence-electron chi connectivity index (χ0n) is 35.0. The van der Waals surface area contributed by atoms with Crippen LogP contribution in [0.2, 0.25) is 0 Å². The van der Waals surface area contributed by atoms with Crippen molar-refractivity contribution in [2.45, 2.75) is 109 Å². The minimum atomic E-state index is -4.47. The molecule has 2 atom stereocenters. The summed E-state index contributed by atoms with van der Waals surface area (Å²) in [6, 6.07) is 25.4. The highest BCUT2D eigenvalue weighted by Crippen LogP contribution is 2.45. The van der Waals surface area contributed by atoms with Crippen molar-refractivity contribution in [3.05, 3.63) is 112 Å². The third-order valence-corrected chi connectivity index (χ3v) is 11.4. The lowest BCUT2D eigenvalue weighted by Crippen LogP contribution is -2.38. The van der Waals surface area contributed by atoms with E-state index in [9.17, 15) is 14.3 Å². The van der Waals surface area contributed by atoms with E-state index in [1.165, 1.54) is 44.9 Å². The Morgan fingerprint density at radius 1 is 0.772 bits per heavy atom. The number of phosphoric ester groups is 1. The van der Waals surface area contributed by atoms with Crippen molar-refractivity contribution >= 4 is 29.7 Å². The number of ether oxygens (including phenoxy) is 3. The van der Waals surface area contributed by atoms with Gasteiger partial charge in [-0.1, -0.05) is 137 Å². The summed E-state index contributed by atoms with van der Waals surface area (Å²) in [5.41, 5.74) is 1.30. The van der Waals surface area contributed by atoms with Crippen LogP contribution in [0.15, 0.2) is 95.5 Å². The molecule has 0 aliphatic carbocycles. The molecule has 9 nitrogen and oxygen atoms in total. The first-order chi connectivity index (χ1) is 27.4. The van der Waals surface area contributed by atoms with E-state index in [2.05, 4.69) is 35.0 Å². The average Bonchev–Trinajstić information content (AvgIpc) is 3.19. The summed E-state index contributed by atoms with van der Waals surface area (Å²) in [6.45, 7) is 2.22. The Hall–Kier alpha value is -2.82. The van der Waals surface area contributed by atoms with Crippen LogP contribution in [0.1, 0.15) is 114 Å². The summed E-state index contributed by atoms with van der Waals surface area (Å²) in [6.07, 6.45) is 18.9. The number of quaternary nitrogens is 1. The Kier molecular flexibility index (Phi) is 22.4. The van der Waals surface area contributed by atoms with Crippen LogP contribution in [0, 0.1) is 0 Å². The summed E-state index contributed by atoms with van der Waals surface area (Å²) in [7, 11) is 3.03. The molecule has 1 N–H and O–H groups in total. The Morgan fingerprint density at radius 2 is 1.33 bits per heavy atom. The minimum Gasteiger partial charge on any atom is -0.496 e. The SMILES string of the molecule is CCCCCCCC/C=C\CCCCCCCC(=O)O[C@H](COC(c1ccccc1)(c1ccccc1)c1ccc(OC)c(Br)c1)COP(=O)(O)OCC[N+](C)(C)C. The molecule has 316 valence electrons. The number of carbonyl (C=O) groups excluding carboxylic acids is 1. The van der Waals surface area contributed by atoms with Crippen LogP contribution in [0.5, 0.6) is 5.75 Å². The number of carbonyl (C=O) groups is 1. The van der Waals surface area contributed by atoms with Crippen LogP contribution in [0.3, 0.4) is 0 Å². The highest BCUT2D eigenvalue weighted by atomic mass is 79.9. The first-order valence-corrected chi connectivity index (χ1v) is 23.0. The van der Waals surface area contributed by atoms with Crippen molar-refractivity contribution < 1.29 is 42.0 Å². The molecule has 0 fully saturated rings. The molecule has 0 amide bonds. The van der Waals surface area contributed by atoms with Crippen LogP contribution in [-0.4, -0.2) is 76.1 Å². The third-order valence-electron chi connectivity index (χ3n) is 9.79.